The third-order valence-corrected chi connectivity index (χ3v) is 2.41. The second kappa shape index (κ2) is 8.19. The van der Waals surface area contributed by atoms with E-state index in [2.05, 4.69) is 23.5 Å². The van der Waals surface area contributed by atoms with Crippen molar-refractivity contribution in [2.24, 2.45) is 0 Å². The number of unbranched alkanes of at least 4 members (excludes halogenated alkanes) is 2. The summed E-state index contributed by atoms with van der Waals surface area (Å²) in [6, 6.07) is 7.64. The number of ether oxygens (including phenoxy) is 2. The van der Waals surface area contributed by atoms with Crippen molar-refractivity contribution in [3.05, 3.63) is 35.4 Å². The lowest BCUT2D eigenvalue weighted by Gasteiger charge is -2.05. The lowest BCUT2D eigenvalue weighted by atomic mass is 10.1. The molecule has 3 heteroatoms. The monoisotopic (exact) mass is 246 g/mol. The van der Waals surface area contributed by atoms with Crippen molar-refractivity contribution in [3.63, 3.8) is 0 Å². The van der Waals surface area contributed by atoms with Crippen molar-refractivity contribution in [2.75, 3.05) is 7.11 Å². The van der Waals surface area contributed by atoms with Crippen molar-refractivity contribution in [1.82, 2.24) is 0 Å². The lowest BCUT2D eigenvalue weighted by Crippen LogP contribution is -2.04. The van der Waals surface area contributed by atoms with Gasteiger partial charge in [-0.05, 0) is 12.5 Å². The van der Waals surface area contributed by atoms with Gasteiger partial charge in [-0.3, -0.25) is 0 Å². The van der Waals surface area contributed by atoms with E-state index in [4.69, 9.17) is 4.74 Å². The van der Waals surface area contributed by atoms with Crippen molar-refractivity contribution in [3.8, 4) is 11.8 Å². The van der Waals surface area contributed by atoms with Crippen molar-refractivity contribution >= 4 is 6.16 Å². The highest BCUT2D eigenvalue weighted by molar-refractivity contribution is 5.59. The van der Waals surface area contributed by atoms with Crippen LogP contribution in [-0.2, 0) is 16.1 Å². The third kappa shape index (κ3) is 4.92. The largest absolute Gasteiger partial charge is 0.508 e. The molecule has 0 amide bonds. The molecule has 0 aliphatic carbocycles. The van der Waals surface area contributed by atoms with E-state index in [1.54, 1.807) is 0 Å². The van der Waals surface area contributed by atoms with E-state index in [1.807, 2.05) is 24.3 Å². The number of rotatable bonds is 4. The molecule has 0 fully saturated rings. The summed E-state index contributed by atoms with van der Waals surface area (Å²) >= 11 is 0. The first-order valence-corrected chi connectivity index (χ1v) is 6.05. The summed E-state index contributed by atoms with van der Waals surface area (Å²) in [6.45, 7) is 2.32. The summed E-state index contributed by atoms with van der Waals surface area (Å²) in [5, 5.41) is 0. The Bertz CT molecular complexity index is 441. The first kappa shape index (κ1) is 14.1. The number of hydrogen-bond donors (Lipinski definition) is 0. The van der Waals surface area contributed by atoms with Gasteiger partial charge < -0.3 is 9.47 Å². The molecule has 0 unspecified atom stereocenters. The minimum Gasteiger partial charge on any atom is -0.438 e. The number of methoxy groups -OCH3 is 1. The number of carbonyl (C=O) groups excluding carboxylic acids is 1. The van der Waals surface area contributed by atoms with Crippen molar-refractivity contribution < 1.29 is 14.3 Å². The Labute approximate surface area is 108 Å². The average molecular weight is 246 g/mol. The zero-order valence-corrected chi connectivity index (χ0v) is 10.9. The van der Waals surface area contributed by atoms with Gasteiger partial charge in [0.05, 0.1) is 7.11 Å². The molecule has 1 rings (SSSR count). The molecule has 0 spiro atoms. The summed E-state index contributed by atoms with van der Waals surface area (Å²) < 4.78 is 9.34. The molecule has 18 heavy (non-hydrogen) atoms. The molecule has 0 heterocycles. The average Bonchev–Trinajstić information content (AvgIpc) is 2.42. The SMILES string of the molecule is CCCCC#Cc1ccccc1COC(=O)OC. The van der Waals surface area contributed by atoms with Gasteiger partial charge in [-0.2, -0.15) is 0 Å². The first-order valence-electron chi connectivity index (χ1n) is 6.05. The molecule has 0 radical (unpaired) electrons. The Kier molecular flexibility index (Phi) is 6.42. The van der Waals surface area contributed by atoms with Crippen LogP contribution in [-0.4, -0.2) is 13.3 Å². The molecular weight excluding hydrogens is 228 g/mol. The standard InChI is InChI=1S/C15H18O3/c1-3-4-5-6-9-13-10-7-8-11-14(13)12-18-15(16)17-2/h7-8,10-11H,3-5,12H2,1-2H3. The maximum absolute atomic E-state index is 10.9. The Morgan fingerprint density at radius 2 is 2.11 bits per heavy atom. The van der Waals surface area contributed by atoms with Crippen LogP contribution in [0.2, 0.25) is 0 Å². The molecule has 0 N–H and O–H groups in total. The fourth-order valence-electron chi connectivity index (χ4n) is 1.39. The molecule has 0 bridgehead atoms. The predicted octanol–water partition coefficient (Wildman–Crippen LogP) is 3.51. The van der Waals surface area contributed by atoms with Crippen LogP contribution in [0.15, 0.2) is 24.3 Å². The number of hydrogen-bond acceptors (Lipinski definition) is 3. The van der Waals surface area contributed by atoms with Gasteiger partial charge >= 0.3 is 6.16 Å². The van der Waals surface area contributed by atoms with E-state index in [9.17, 15) is 4.79 Å². The molecule has 0 aromatic heterocycles. The molecule has 3 nitrogen and oxygen atoms in total. The normalized spacial score (nSPS) is 9.22. The van der Waals surface area contributed by atoms with E-state index >= 15 is 0 Å². The van der Waals surface area contributed by atoms with Crippen LogP contribution in [0.1, 0.15) is 37.3 Å². The smallest absolute Gasteiger partial charge is 0.438 e. The van der Waals surface area contributed by atoms with Gasteiger partial charge in [0.2, 0.25) is 0 Å². The molecular formula is C15H18O3. The number of carbonyl (C=O) groups is 1. The molecule has 0 saturated carbocycles. The predicted molar refractivity (Wildman–Crippen MR) is 70.0 cm³/mol. The minimum atomic E-state index is -0.677. The zero-order chi connectivity index (χ0) is 13.2. The third-order valence-electron chi connectivity index (χ3n) is 2.41. The summed E-state index contributed by atoms with van der Waals surface area (Å²) in [4.78, 5) is 10.9. The molecule has 1 aromatic rings. The van der Waals surface area contributed by atoms with Gasteiger partial charge in [-0.25, -0.2) is 4.79 Å². The Balaban J connectivity index is 2.66. The fraction of sp³-hybridized carbons (Fsp3) is 0.400. The lowest BCUT2D eigenvalue weighted by molar-refractivity contribution is 0.0668. The van der Waals surface area contributed by atoms with E-state index in [0.717, 1.165) is 30.4 Å². The van der Waals surface area contributed by atoms with Crippen molar-refractivity contribution in [1.29, 1.82) is 0 Å². The fourth-order valence-corrected chi connectivity index (χ4v) is 1.39. The molecule has 0 aliphatic heterocycles. The maximum atomic E-state index is 10.9. The van der Waals surface area contributed by atoms with Gasteiger partial charge in [0.25, 0.3) is 0 Å². The summed E-state index contributed by atoms with van der Waals surface area (Å²) in [5.74, 6) is 6.23. The second-order valence-electron chi connectivity index (χ2n) is 3.81. The van der Waals surface area contributed by atoms with Gasteiger partial charge in [-0.15, -0.1) is 0 Å². The van der Waals surface area contributed by atoms with Crippen LogP contribution in [0.5, 0.6) is 0 Å². The Morgan fingerprint density at radius 3 is 2.83 bits per heavy atom. The number of benzene rings is 1. The van der Waals surface area contributed by atoms with Gasteiger partial charge in [0.15, 0.2) is 0 Å². The Hall–Kier alpha value is -1.95. The topological polar surface area (TPSA) is 35.5 Å². The molecule has 0 atom stereocenters. The van der Waals surface area contributed by atoms with E-state index in [-0.39, 0.29) is 6.61 Å². The Morgan fingerprint density at radius 1 is 1.33 bits per heavy atom. The van der Waals surface area contributed by atoms with Crippen LogP contribution < -0.4 is 0 Å². The van der Waals surface area contributed by atoms with Crippen LogP contribution in [0.25, 0.3) is 0 Å². The van der Waals surface area contributed by atoms with Crippen molar-refractivity contribution in [2.45, 2.75) is 32.8 Å². The van der Waals surface area contributed by atoms with E-state index in [0.29, 0.717) is 0 Å². The van der Waals surface area contributed by atoms with Crippen LogP contribution in [0.3, 0.4) is 0 Å². The molecule has 1 aromatic carbocycles. The first-order chi connectivity index (χ1) is 8.77. The van der Waals surface area contributed by atoms with Crippen LogP contribution in [0, 0.1) is 11.8 Å². The van der Waals surface area contributed by atoms with Gasteiger partial charge in [-0.1, -0.05) is 43.4 Å². The maximum Gasteiger partial charge on any atom is 0.508 e. The minimum absolute atomic E-state index is 0.186. The molecule has 96 valence electrons. The highest BCUT2D eigenvalue weighted by Gasteiger charge is 2.04. The summed E-state index contributed by atoms with van der Waals surface area (Å²) in [5.41, 5.74) is 1.80. The zero-order valence-electron chi connectivity index (χ0n) is 10.9. The van der Waals surface area contributed by atoms with E-state index < -0.39 is 6.16 Å². The van der Waals surface area contributed by atoms with Crippen LogP contribution in [0.4, 0.5) is 4.79 Å². The molecule has 0 aliphatic rings. The quantitative estimate of drug-likeness (QED) is 0.463. The molecule has 0 saturated heterocycles. The van der Waals surface area contributed by atoms with Gasteiger partial charge in [0, 0.05) is 17.5 Å². The highest BCUT2D eigenvalue weighted by Crippen LogP contribution is 2.09. The van der Waals surface area contributed by atoms with Gasteiger partial charge in [0.1, 0.15) is 6.61 Å². The highest BCUT2D eigenvalue weighted by atomic mass is 16.7. The summed E-state index contributed by atoms with van der Waals surface area (Å²) in [7, 11) is 1.29. The second-order valence-corrected chi connectivity index (χ2v) is 3.81. The van der Waals surface area contributed by atoms with E-state index in [1.165, 1.54) is 7.11 Å². The summed E-state index contributed by atoms with van der Waals surface area (Å²) in [6.07, 6.45) is 2.46. The van der Waals surface area contributed by atoms with Crippen LogP contribution >= 0.6 is 0 Å².